The number of aliphatic hydroxyl groups excluding tert-OH is 8. The van der Waals surface area contributed by atoms with Gasteiger partial charge in [-0.1, -0.05) is 361 Å². The van der Waals surface area contributed by atoms with E-state index in [2.05, 4.69) is 19.2 Å². The van der Waals surface area contributed by atoms with Crippen LogP contribution in [0.4, 0.5) is 0 Å². The smallest absolute Gasteiger partial charge is 0.220 e. The summed E-state index contributed by atoms with van der Waals surface area (Å²) in [6, 6.07) is -0.825. The van der Waals surface area contributed by atoms with Crippen LogP contribution >= 0.6 is 0 Å². The zero-order valence-corrected chi connectivity index (χ0v) is 58.0. The van der Waals surface area contributed by atoms with Gasteiger partial charge in [0.05, 0.1) is 32.0 Å². The van der Waals surface area contributed by atoms with Gasteiger partial charge in [0.25, 0.3) is 0 Å². The Morgan fingerprint density at radius 1 is 0.360 bits per heavy atom. The Kier molecular flexibility index (Phi) is 57.3. The second-order valence-corrected chi connectivity index (χ2v) is 27.9. The Morgan fingerprint density at radius 3 is 0.955 bits per heavy atom. The molecule has 12 unspecified atom stereocenters. The maximum absolute atomic E-state index is 13.4. The molecule has 2 rings (SSSR count). The number of nitrogens with one attached hydrogen (secondary N) is 1. The minimum absolute atomic E-state index is 0.195. The van der Waals surface area contributed by atoms with Gasteiger partial charge in [0.1, 0.15) is 48.8 Å². The normalized spacial score (nSPS) is 22.9. The van der Waals surface area contributed by atoms with Crippen LogP contribution in [-0.2, 0) is 23.7 Å². The van der Waals surface area contributed by atoms with Crippen molar-refractivity contribution in [1.82, 2.24) is 5.32 Å². The van der Waals surface area contributed by atoms with Gasteiger partial charge in [-0.2, -0.15) is 0 Å². The molecule has 0 saturated carbocycles. The number of unbranched alkanes of at least 4 members (excludes halogenated alkanes) is 53. The minimum Gasteiger partial charge on any atom is -0.394 e. The van der Waals surface area contributed by atoms with Crippen molar-refractivity contribution in [3.63, 3.8) is 0 Å². The first-order chi connectivity index (χ1) is 43.6. The molecule has 2 aliphatic rings. The molecule has 14 nitrogen and oxygen atoms in total. The Balaban J connectivity index is 1.62. The summed E-state index contributed by atoms with van der Waals surface area (Å²) in [5, 5.41) is 87.8. The first-order valence-corrected chi connectivity index (χ1v) is 38.8. The monoisotopic (exact) mass is 1270 g/mol. The van der Waals surface area contributed by atoms with Crippen molar-refractivity contribution in [2.75, 3.05) is 19.8 Å². The maximum Gasteiger partial charge on any atom is 0.220 e. The Labute approximate surface area is 546 Å². The standard InChI is InChI=1S/C75H147NO13/c1-3-5-7-9-11-13-15-17-19-21-23-25-27-29-31-33-35-37-39-41-43-45-47-49-51-53-55-57-59-67(80)76-63(62-86-74-72(85)70(83)73(66(61-78)88-74)89-75-71(84)69(82)68(81)65(60-77)87-75)64(79)58-56-54-52-50-48-46-44-42-40-38-36-34-32-30-28-26-24-22-20-18-16-14-12-10-8-6-4-2/h63-66,68-75,77-79,81-85H,3-62H2,1-2H3,(H,76,80). The highest BCUT2D eigenvalue weighted by atomic mass is 16.7. The van der Waals surface area contributed by atoms with Crippen LogP contribution in [0.1, 0.15) is 380 Å². The molecule has 89 heavy (non-hydrogen) atoms. The second-order valence-electron chi connectivity index (χ2n) is 27.9. The Hall–Kier alpha value is -1.01. The molecule has 2 aliphatic heterocycles. The van der Waals surface area contributed by atoms with Crippen molar-refractivity contribution in [1.29, 1.82) is 0 Å². The predicted octanol–water partition coefficient (Wildman–Crippen LogP) is 16.7. The molecular weight excluding hydrogens is 1120 g/mol. The van der Waals surface area contributed by atoms with Gasteiger partial charge in [-0.3, -0.25) is 4.79 Å². The first kappa shape index (κ1) is 84.1. The molecule has 0 aromatic carbocycles. The minimum atomic E-state index is -1.78. The molecule has 2 heterocycles. The van der Waals surface area contributed by atoms with Crippen LogP contribution in [0.2, 0.25) is 0 Å². The van der Waals surface area contributed by atoms with E-state index >= 15 is 0 Å². The highest BCUT2D eigenvalue weighted by Crippen LogP contribution is 2.30. The van der Waals surface area contributed by atoms with E-state index in [1.54, 1.807) is 0 Å². The molecule has 2 saturated heterocycles. The van der Waals surface area contributed by atoms with E-state index < -0.39 is 86.8 Å². The zero-order chi connectivity index (χ0) is 64.5. The first-order valence-electron chi connectivity index (χ1n) is 38.8. The predicted molar refractivity (Wildman–Crippen MR) is 365 cm³/mol. The number of amides is 1. The van der Waals surface area contributed by atoms with Gasteiger partial charge in [-0.15, -0.1) is 0 Å². The van der Waals surface area contributed by atoms with Crippen LogP contribution in [0.15, 0.2) is 0 Å². The zero-order valence-electron chi connectivity index (χ0n) is 58.0. The van der Waals surface area contributed by atoms with E-state index in [-0.39, 0.29) is 12.5 Å². The number of carbonyl (C=O) groups is 1. The number of hydrogen-bond donors (Lipinski definition) is 9. The molecule has 2 fully saturated rings. The molecule has 9 N–H and O–H groups in total. The summed E-state index contributed by atoms with van der Waals surface area (Å²) in [6.07, 6.45) is 57.1. The molecule has 0 radical (unpaired) electrons. The quantitative estimate of drug-likeness (QED) is 0.0259. The molecule has 12 atom stereocenters. The number of rotatable bonds is 66. The van der Waals surface area contributed by atoms with Crippen molar-refractivity contribution in [3.05, 3.63) is 0 Å². The summed E-state index contributed by atoms with van der Waals surface area (Å²) >= 11 is 0. The Bertz CT molecular complexity index is 1500. The molecule has 530 valence electrons. The SMILES string of the molecule is CCCCCCCCCCCCCCCCCCCCCCCCCCCCCCC(=O)NC(COC1OC(CO)C(OC2OC(CO)C(O)C(O)C2O)C(O)C1O)C(O)CCCCCCCCCCCCCCCCCCCCCCCCCCCCC. The molecule has 0 aliphatic carbocycles. The number of carbonyl (C=O) groups excluding carboxylic acids is 1. The third-order valence-corrected chi connectivity index (χ3v) is 19.6. The van der Waals surface area contributed by atoms with Crippen LogP contribution in [0.3, 0.4) is 0 Å². The van der Waals surface area contributed by atoms with E-state index in [0.29, 0.717) is 12.8 Å². The van der Waals surface area contributed by atoms with Gasteiger partial charge in [0.2, 0.25) is 5.91 Å². The lowest BCUT2D eigenvalue weighted by atomic mass is 9.97. The van der Waals surface area contributed by atoms with Crippen LogP contribution in [0, 0.1) is 0 Å². The van der Waals surface area contributed by atoms with Crippen LogP contribution in [0.5, 0.6) is 0 Å². The molecule has 0 aromatic heterocycles. The molecular formula is C75H147NO13. The average Bonchev–Trinajstić information content (AvgIpc) is 3.34. The largest absolute Gasteiger partial charge is 0.394 e. The van der Waals surface area contributed by atoms with Crippen LogP contribution in [0.25, 0.3) is 0 Å². The number of ether oxygens (including phenoxy) is 4. The van der Waals surface area contributed by atoms with Gasteiger partial charge in [-0.25, -0.2) is 0 Å². The van der Waals surface area contributed by atoms with Gasteiger partial charge >= 0.3 is 0 Å². The molecule has 1 amide bonds. The van der Waals surface area contributed by atoms with Crippen molar-refractivity contribution >= 4 is 5.91 Å². The highest BCUT2D eigenvalue weighted by molar-refractivity contribution is 5.76. The summed E-state index contributed by atoms with van der Waals surface area (Å²) in [7, 11) is 0. The number of aliphatic hydroxyl groups is 8. The van der Waals surface area contributed by atoms with Crippen molar-refractivity contribution in [3.8, 4) is 0 Å². The fourth-order valence-electron chi connectivity index (χ4n) is 13.4. The fraction of sp³-hybridized carbons (Fsp3) is 0.987. The van der Waals surface area contributed by atoms with Gasteiger partial charge < -0.3 is 65.1 Å². The van der Waals surface area contributed by atoms with Crippen molar-refractivity contribution < 1.29 is 64.6 Å². The lowest BCUT2D eigenvalue weighted by molar-refractivity contribution is -0.359. The second kappa shape index (κ2) is 60.6. The topological polar surface area (TPSA) is 228 Å². The van der Waals surface area contributed by atoms with E-state index in [4.69, 9.17) is 18.9 Å². The fourth-order valence-corrected chi connectivity index (χ4v) is 13.4. The summed E-state index contributed by atoms with van der Waals surface area (Å²) < 4.78 is 23.0. The summed E-state index contributed by atoms with van der Waals surface area (Å²) in [6.45, 7) is 2.94. The van der Waals surface area contributed by atoms with Gasteiger partial charge in [-0.05, 0) is 12.8 Å². The Morgan fingerprint density at radius 2 is 0.640 bits per heavy atom. The lowest BCUT2D eigenvalue weighted by Crippen LogP contribution is -2.65. The summed E-state index contributed by atoms with van der Waals surface area (Å²) in [5.74, 6) is -0.195. The van der Waals surface area contributed by atoms with E-state index in [9.17, 15) is 45.6 Å². The van der Waals surface area contributed by atoms with E-state index in [1.165, 1.54) is 302 Å². The third kappa shape index (κ3) is 44.4. The van der Waals surface area contributed by atoms with Crippen LogP contribution < -0.4 is 5.32 Å². The molecule has 0 bridgehead atoms. The van der Waals surface area contributed by atoms with E-state index in [1.807, 2.05) is 0 Å². The van der Waals surface area contributed by atoms with Gasteiger partial charge in [0, 0.05) is 6.42 Å². The van der Waals surface area contributed by atoms with Crippen LogP contribution in [-0.4, -0.2) is 140 Å². The average molecular weight is 1270 g/mol. The van der Waals surface area contributed by atoms with Crippen molar-refractivity contribution in [2.24, 2.45) is 0 Å². The maximum atomic E-state index is 13.4. The third-order valence-electron chi connectivity index (χ3n) is 19.6. The van der Waals surface area contributed by atoms with Gasteiger partial charge in [0.15, 0.2) is 12.6 Å². The number of hydrogen-bond acceptors (Lipinski definition) is 13. The summed E-state index contributed by atoms with van der Waals surface area (Å²) in [4.78, 5) is 13.4. The molecule has 0 aromatic rings. The molecule has 0 spiro atoms. The van der Waals surface area contributed by atoms with E-state index in [0.717, 1.165) is 51.4 Å². The summed E-state index contributed by atoms with van der Waals surface area (Å²) in [5.41, 5.74) is 0. The van der Waals surface area contributed by atoms with Crippen molar-refractivity contribution in [2.45, 2.75) is 453 Å². The molecule has 14 heteroatoms. The lowest BCUT2D eigenvalue weighted by Gasteiger charge is -2.46. The highest BCUT2D eigenvalue weighted by Gasteiger charge is 2.51.